The molecule has 0 amide bonds. The minimum Gasteiger partial charge on any atom is -0.465 e. The van der Waals surface area contributed by atoms with Crippen molar-refractivity contribution in [1.82, 2.24) is 0 Å². The minimum atomic E-state index is 0.282. The fourth-order valence-electron chi connectivity index (χ4n) is 5.47. The van der Waals surface area contributed by atoms with Crippen LogP contribution in [0.15, 0.2) is 84.7 Å². The Morgan fingerprint density at radius 1 is 0.429 bits per heavy atom. The van der Waals surface area contributed by atoms with Gasteiger partial charge in [-0.3, -0.25) is 0 Å². The molecule has 0 saturated heterocycles. The molecule has 0 radical (unpaired) electrons. The predicted octanol–water partition coefficient (Wildman–Crippen LogP) is 13.5. The van der Waals surface area contributed by atoms with Gasteiger partial charge in [0.15, 0.2) is 11.5 Å². The van der Waals surface area contributed by atoms with Crippen molar-refractivity contribution >= 4 is 0 Å². The summed E-state index contributed by atoms with van der Waals surface area (Å²) in [5.41, 5.74) is 1.99. The van der Waals surface area contributed by atoms with Gasteiger partial charge in [-0.1, -0.05) is 190 Å². The van der Waals surface area contributed by atoms with Gasteiger partial charge in [0.05, 0.1) is 0 Å². The molecule has 0 aliphatic heterocycles. The lowest BCUT2D eigenvalue weighted by Gasteiger charge is -2.10. The van der Waals surface area contributed by atoms with Crippen molar-refractivity contribution in [3.8, 4) is 0 Å². The van der Waals surface area contributed by atoms with Crippen LogP contribution in [0.4, 0.5) is 0 Å². The molecule has 0 atom stereocenters. The monoisotopic (exact) mass is 682 g/mol. The Balaban J connectivity index is 1.84. The van der Waals surface area contributed by atoms with Crippen LogP contribution in [0.25, 0.3) is 0 Å². The van der Waals surface area contributed by atoms with E-state index < -0.39 is 0 Å². The van der Waals surface area contributed by atoms with E-state index in [2.05, 4.69) is 13.8 Å². The highest BCUT2D eigenvalue weighted by molar-refractivity contribution is 5.13. The molecule has 0 saturated carbocycles. The lowest BCUT2D eigenvalue weighted by Crippen LogP contribution is -2.00. The van der Waals surface area contributed by atoms with Gasteiger partial charge in [-0.25, -0.2) is 0 Å². The summed E-state index contributed by atoms with van der Waals surface area (Å²) in [4.78, 5) is 21.7. The maximum absolute atomic E-state index is 5.83. The zero-order chi connectivity index (χ0) is 34.7. The fraction of sp³-hybridized carbons (Fsp3) is 0.619. The maximum atomic E-state index is 5.83. The molecule has 0 aromatic heterocycles. The summed E-state index contributed by atoms with van der Waals surface area (Å²) >= 11 is 0. The van der Waals surface area contributed by atoms with Gasteiger partial charge in [0, 0.05) is 12.8 Å². The summed E-state index contributed by atoms with van der Waals surface area (Å²) in [6, 6.07) is 19.7. The smallest absolute Gasteiger partial charge is 0.180 e. The summed E-state index contributed by atoms with van der Waals surface area (Å²) in [7, 11) is 0. The molecule has 49 heavy (non-hydrogen) atoms. The molecule has 2 rings (SSSR count). The molecule has 0 spiro atoms. The predicted molar refractivity (Wildman–Crippen MR) is 197 cm³/mol. The highest BCUT2D eigenvalue weighted by Crippen LogP contribution is 2.18. The van der Waals surface area contributed by atoms with Crippen LogP contribution in [0, 0.1) is 0 Å². The molecular weight excluding hydrogens is 616 g/mol. The van der Waals surface area contributed by atoms with Crippen LogP contribution in [-0.4, -0.2) is 0 Å². The van der Waals surface area contributed by atoms with Gasteiger partial charge in [0.1, 0.15) is 25.7 Å². The van der Waals surface area contributed by atoms with Crippen LogP contribution >= 0.6 is 0 Å². The number of unbranched alkanes of at least 4 members (excludes halogenated alkanes) is 18. The van der Waals surface area contributed by atoms with Crippen LogP contribution in [0.5, 0.6) is 0 Å². The van der Waals surface area contributed by atoms with Crippen LogP contribution in [0.2, 0.25) is 0 Å². The number of rotatable bonds is 34. The summed E-state index contributed by atoms with van der Waals surface area (Å²) in [6.45, 7) is 5.09. The lowest BCUT2D eigenvalue weighted by atomic mass is 10.1. The minimum absolute atomic E-state index is 0.282. The Labute approximate surface area is 298 Å². The molecule has 0 heterocycles. The van der Waals surface area contributed by atoms with Crippen molar-refractivity contribution in [1.29, 1.82) is 0 Å². The zero-order valence-corrected chi connectivity index (χ0v) is 30.8. The SMILES string of the molecule is CCCCCCCCCCCCC(=COC=C(CCCCCCCCCCCC)OOOCc1ccccc1)OOOCc1ccccc1. The molecule has 276 valence electrons. The van der Waals surface area contributed by atoms with E-state index >= 15 is 0 Å². The van der Waals surface area contributed by atoms with Gasteiger partial charge < -0.3 is 14.5 Å². The third kappa shape index (κ3) is 25.7. The quantitative estimate of drug-likeness (QED) is 0.0315. The zero-order valence-electron chi connectivity index (χ0n) is 30.8. The molecule has 2 aromatic rings. The Hall–Kier alpha value is -2.84. The third-order valence-corrected chi connectivity index (χ3v) is 8.47. The van der Waals surface area contributed by atoms with Gasteiger partial charge in [-0.2, -0.15) is 9.78 Å². The van der Waals surface area contributed by atoms with Crippen molar-refractivity contribution in [3.05, 3.63) is 95.8 Å². The topological polar surface area (TPSA) is 64.6 Å². The van der Waals surface area contributed by atoms with E-state index in [-0.39, 0.29) is 13.2 Å². The first-order chi connectivity index (χ1) is 24.3. The Kier molecular flexibility index (Phi) is 28.0. The summed E-state index contributed by atoms with van der Waals surface area (Å²) in [5, 5.41) is 10.2. The van der Waals surface area contributed by atoms with Crippen molar-refractivity contribution < 1.29 is 34.4 Å². The molecule has 0 bridgehead atoms. The van der Waals surface area contributed by atoms with E-state index in [0.29, 0.717) is 24.4 Å². The molecule has 2 aromatic carbocycles. The number of ether oxygens (including phenoxy) is 1. The first-order valence-electron chi connectivity index (χ1n) is 19.4. The lowest BCUT2D eigenvalue weighted by molar-refractivity contribution is -0.503. The summed E-state index contributed by atoms with van der Waals surface area (Å²) in [5.74, 6) is 1.09. The van der Waals surface area contributed by atoms with Crippen molar-refractivity contribution in [2.75, 3.05) is 0 Å². The molecule has 7 nitrogen and oxygen atoms in total. The van der Waals surface area contributed by atoms with E-state index in [0.717, 1.165) is 36.8 Å². The normalized spacial score (nSPS) is 12.0. The summed E-state index contributed by atoms with van der Waals surface area (Å²) in [6.07, 6.45) is 29.6. The third-order valence-electron chi connectivity index (χ3n) is 8.47. The number of benzene rings is 2. The molecule has 0 unspecified atom stereocenters. The van der Waals surface area contributed by atoms with Crippen molar-refractivity contribution in [2.24, 2.45) is 0 Å². The highest BCUT2D eigenvalue weighted by Gasteiger charge is 2.07. The average Bonchev–Trinajstić information content (AvgIpc) is 3.13. The van der Waals surface area contributed by atoms with Crippen LogP contribution in [0.1, 0.15) is 166 Å². The number of hydrogen-bond donors (Lipinski definition) is 0. The summed E-state index contributed by atoms with van der Waals surface area (Å²) < 4.78 is 5.83. The van der Waals surface area contributed by atoms with Gasteiger partial charge in [-0.15, -0.1) is 0 Å². The van der Waals surface area contributed by atoms with Gasteiger partial charge in [0.2, 0.25) is 0 Å². The Bertz CT molecular complexity index is 958. The van der Waals surface area contributed by atoms with Crippen molar-refractivity contribution in [2.45, 2.75) is 168 Å². The standard InChI is InChI=1S/C42H66O7/c1-3-5-7-9-11-13-15-17-19-27-33-41(46-48-44-35-39-29-23-21-24-30-39)37-43-38-42(47-49-45-36-40-31-25-22-26-32-40)34-28-20-18-16-14-12-10-8-6-4-2/h21-26,29-32,37-38H,3-20,27-28,33-36H2,1-2H3. The Morgan fingerprint density at radius 2 is 0.755 bits per heavy atom. The van der Waals surface area contributed by atoms with E-state index in [1.807, 2.05) is 60.7 Å². The highest BCUT2D eigenvalue weighted by atomic mass is 17.5. The molecular formula is C42H66O7. The average molecular weight is 683 g/mol. The second-order valence-electron chi connectivity index (χ2n) is 13.0. The number of allylic oxidation sites excluding steroid dienone is 2. The number of hydrogen-bond acceptors (Lipinski definition) is 7. The fourth-order valence-corrected chi connectivity index (χ4v) is 5.47. The second-order valence-corrected chi connectivity index (χ2v) is 13.0. The van der Waals surface area contributed by atoms with E-state index in [4.69, 9.17) is 34.4 Å². The molecule has 7 heteroatoms. The molecule has 0 aliphatic rings. The van der Waals surface area contributed by atoms with Crippen LogP contribution in [-0.2, 0) is 47.6 Å². The van der Waals surface area contributed by atoms with E-state index in [1.165, 1.54) is 103 Å². The first kappa shape index (κ1) is 42.3. The van der Waals surface area contributed by atoms with Crippen LogP contribution in [0.3, 0.4) is 0 Å². The van der Waals surface area contributed by atoms with Gasteiger partial charge in [0.25, 0.3) is 0 Å². The van der Waals surface area contributed by atoms with E-state index in [1.54, 1.807) is 12.5 Å². The second kappa shape index (κ2) is 32.4. The van der Waals surface area contributed by atoms with E-state index in [9.17, 15) is 0 Å². The largest absolute Gasteiger partial charge is 0.465 e. The van der Waals surface area contributed by atoms with Gasteiger partial charge >= 0.3 is 0 Å². The maximum Gasteiger partial charge on any atom is 0.180 e. The van der Waals surface area contributed by atoms with Crippen LogP contribution < -0.4 is 0 Å². The van der Waals surface area contributed by atoms with Gasteiger partial charge in [-0.05, 0) is 34.0 Å². The first-order valence-corrected chi connectivity index (χ1v) is 19.4. The molecule has 0 fully saturated rings. The molecule has 0 N–H and O–H groups in total. The Morgan fingerprint density at radius 3 is 1.10 bits per heavy atom. The van der Waals surface area contributed by atoms with Crippen molar-refractivity contribution in [3.63, 3.8) is 0 Å². The molecule has 0 aliphatic carbocycles.